The van der Waals surface area contributed by atoms with E-state index in [4.69, 9.17) is 0 Å². The van der Waals surface area contributed by atoms with E-state index in [9.17, 15) is 4.79 Å². The van der Waals surface area contributed by atoms with Crippen molar-refractivity contribution in [1.29, 1.82) is 0 Å². The number of rotatable bonds is 5. The van der Waals surface area contributed by atoms with Gasteiger partial charge in [-0.25, -0.2) is 9.50 Å². The van der Waals surface area contributed by atoms with Crippen LogP contribution in [0, 0.1) is 13.8 Å². The number of fused-ring (bicyclic) bond motifs is 1. The van der Waals surface area contributed by atoms with Crippen molar-refractivity contribution in [2.24, 2.45) is 0 Å². The Morgan fingerprint density at radius 1 is 1.03 bits per heavy atom. The van der Waals surface area contributed by atoms with Gasteiger partial charge >= 0.3 is 0 Å². The minimum Gasteiger partial charge on any atom is -0.325 e. The van der Waals surface area contributed by atoms with Gasteiger partial charge in [0.2, 0.25) is 11.1 Å². The highest BCUT2D eigenvalue weighted by atomic mass is 32.2. The molecule has 0 aliphatic rings. The van der Waals surface area contributed by atoms with Gasteiger partial charge < -0.3 is 5.32 Å². The van der Waals surface area contributed by atoms with Gasteiger partial charge in [-0.15, -0.1) is 5.10 Å². The summed E-state index contributed by atoms with van der Waals surface area (Å²) in [7, 11) is 0. The summed E-state index contributed by atoms with van der Waals surface area (Å²) in [5.41, 5.74) is 4.68. The van der Waals surface area contributed by atoms with Gasteiger partial charge in [0.05, 0.1) is 5.25 Å². The number of nitrogens with zero attached hydrogens (tertiary/aromatic N) is 4. The van der Waals surface area contributed by atoms with Crippen LogP contribution >= 0.6 is 11.8 Å². The third-order valence-corrected chi connectivity index (χ3v) is 5.47. The van der Waals surface area contributed by atoms with Crippen LogP contribution in [0.3, 0.4) is 0 Å². The van der Waals surface area contributed by atoms with Gasteiger partial charge in [-0.2, -0.15) is 4.98 Å². The van der Waals surface area contributed by atoms with Crippen molar-refractivity contribution < 1.29 is 4.79 Å². The van der Waals surface area contributed by atoms with Gasteiger partial charge in [-0.05, 0) is 38.5 Å². The molecule has 4 rings (SSSR count). The van der Waals surface area contributed by atoms with E-state index >= 15 is 0 Å². The van der Waals surface area contributed by atoms with E-state index in [1.165, 1.54) is 11.8 Å². The monoisotopic (exact) mass is 403 g/mol. The van der Waals surface area contributed by atoms with Crippen LogP contribution in [0.25, 0.3) is 16.9 Å². The molecule has 1 amide bonds. The van der Waals surface area contributed by atoms with Crippen molar-refractivity contribution in [1.82, 2.24) is 19.6 Å². The van der Waals surface area contributed by atoms with E-state index < -0.39 is 0 Å². The van der Waals surface area contributed by atoms with Crippen LogP contribution in [0.15, 0.2) is 65.8 Å². The molecule has 1 N–H and O–H groups in total. The third-order valence-electron chi connectivity index (χ3n) is 4.52. The predicted molar refractivity (Wildman–Crippen MR) is 116 cm³/mol. The number of thioether (sulfide) groups is 1. The van der Waals surface area contributed by atoms with Crippen molar-refractivity contribution in [2.75, 3.05) is 5.32 Å². The van der Waals surface area contributed by atoms with Crippen LogP contribution in [0.4, 0.5) is 5.69 Å². The summed E-state index contributed by atoms with van der Waals surface area (Å²) in [6.45, 7) is 5.73. The fraction of sp³-hybridized carbons (Fsp3) is 0.182. The second-order valence-corrected chi connectivity index (χ2v) is 8.11. The van der Waals surface area contributed by atoms with Crippen LogP contribution in [0.2, 0.25) is 0 Å². The Morgan fingerprint density at radius 2 is 1.76 bits per heavy atom. The summed E-state index contributed by atoms with van der Waals surface area (Å²) in [6, 6.07) is 19.8. The molecule has 2 aromatic heterocycles. The Kier molecular flexibility index (Phi) is 5.31. The number of aryl methyl sites for hydroxylation is 2. The number of anilines is 1. The Balaban J connectivity index is 1.52. The predicted octanol–water partition coefficient (Wildman–Crippen LogP) is 4.53. The van der Waals surface area contributed by atoms with Crippen LogP contribution in [-0.2, 0) is 4.79 Å². The van der Waals surface area contributed by atoms with E-state index in [-0.39, 0.29) is 11.2 Å². The largest absolute Gasteiger partial charge is 0.325 e. The maximum Gasteiger partial charge on any atom is 0.253 e. The lowest BCUT2D eigenvalue weighted by atomic mass is 10.0. The van der Waals surface area contributed by atoms with Crippen LogP contribution in [-0.4, -0.2) is 30.7 Å². The van der Waals surface area contributed by atoms with Crippen LogP contribution < -0.4 is 5.32 Å². The number of carbonyl (C=O) groups is 1. The van der Waals surface area contributed by atoms with Crippen molar-refractivity contribution in [3.8, 4) is 11.1 Å². The molecule has 0 saturated heterocycles. The molecule has 0 fully saturated rings. The SMILES string of the molecule is Cc1cc(C)n2nc(S[C@@H](C)C(=O)Nc3ccccc3-c3ccccc3)nc2n1. The third kappa shape index (κ3) is 4.14. The molecule has 6 nitrogen and oxygen atoms in total. The van der Waals surface area contributed by atoms with E-state index in [1.54, 1.807) is 4.52 Å². The first kappa shape index (κ1) is 19.1. The maximum atomic E-state index is 12.8. The van der Waals surface area contributed by atoms with Gasteiger partial charge in [0.25, 0.3) is 5.78 Å². The Bertz CT molecular complexity index is 1170. The quantitative estimate of drug-likeness (QED) is 0.496. The number of aromatic nitrogens is 4. The van der Waals surface area contributed by atoms with Crippen molar-refractivity contribution >= 4 is 29.1 Å². The lowest BCUT2D eigenvalue weighted by Gasteiger charge is -2.14. The second kappa shape index (κ2) is 8.05. The molecule has 0 aliphatic carbocycles. The summed E-state index contributed by atoms with van der Waals surface area (Å²) in [5, 5.41) is 7.69. The highest BCUT2D eigenvalue weighted by Gasteiger charge is 2.19. The van der Waals surface area contributed by atoms with Crippen molar-refractivity contribution in [3.63, 3.8) is 0 Å². The summed E-state index contributed by atoms with van der Waals surface area (Å²) in [6.07, 6.45) is 0. The first-order valence-electron chi connectivity index (χ1n) is 9.34. The fourth-order valence-electron chi connectivity index (χ4n) is 3.11. The maximum absolute atomic E-state index is 12.8. The van der Waals surface area contributed by atoms with Gasteiger partial charge in [0.15, 0.2) is 0 Å². The van der Waals surface area contributed by atoms with Crippen LogP contribution in [0.5, 0.6) is 0 Å². The average Bonchev–Trinajstić information content (AvgIpc) is 3.11. The highest BCUT2D eigenvalue weighted by molar-refractivity contribution is 8.00. The molecule has 1 atom stereocenters. The first-order valence-corrected chi connectivity index (χ1v) is 10.2. The molecular weight excluding hydrogens is 382 g/mol. The molecule has 0 unspecified atom stereocenters. The summed E-state index contributed by atoms with van der Waals surface area (Å²) < 4.78 is 1.70. The zero-order chi connectivity index (χ0) is 20.4. The summed E-state index contributed by atoms with van der Waals surface area (Å²) in [4.78, 5) is 21.7. The lowest BCUT2D eigenvalue weighted by molar-refractivity contribution is -0.115. The topological polar surface area (TPSA) is 72.2 Å². The average molecular weight is 404 g/mol. The van der Waals surface area contributed by atoms with Gasteiger partial charge in [0, 0.05) is 22.6 Å². The molecule has 4 aromatic rings. The number of hydrogen-bond donors (Lipinski definition) is 1. The Morgan fingerprint density at radius 3 is 2.55 bits per heavy atom. The molecule has 0 radical (unpaired) electrons. The van der Waals surface area contributed by atoms with E-state index in [2.05, 4.69) is 20.4 Å². The number of amides is 1. The number of benzene rings is 2. The molecule has 0 saturated carbocycles. The number of hydrogen-bond acceptors (Lipinski definition) is 5. The minimum atomic E-state index is -0.363. The zero-order valence-electron chi connectivity index (χ0n) is 16.5. The molecule has 29 heavy (non-hydrogen) atoms. The van der Waals surface area contributed by atoms with Crippen molar-refractivity contribution in [3.05, 3.63) is 72.1 Å². The number of nitrogens with one attached hydrogen (secondary N) is 1. The normalized spacial score (nSPS) is 12.1. The van der Waals surface area contributed by atoms with Gasteiger partial charge in [-0.3, -0.25) is 4.79 Å². The number of carbonyl (C=O) groups excluding carboxylic acids is 1. The van der Waals surface area contributed by atoms with Crippen molar-refractivity contribution in [2.45, 2.75) is 31.2 Å². The number of para-hydroxylation sites is 1. The lowest BCUT2D eigenvalue weighted by Crippen LogP contribution is -2.22. The summed E-state index contributed by atoms with van der Waals surface area (Å²) in [5.74, 6) is 0.449. The van der Waals surface area contributed by atoms with Crippen LogP contribution in [0.1, 0.15) is 18.3 Å². The second-order valence-electron chi connectivity index (χ2n) is 6.81. The molecule has 2 heterocycles. The fourth-order valence-corrected chi connectivity index (χ4v) is 3.85. The zero-order valence-corrected chi connectivity index (χ0v) is 17.3. The molecule has 0 bridgehead atoms. The molecule has 2 aromatic carbocycles. The van der Waals surface area contributed by atoms with Gasteiger partial charge in [-0.1, -0.05) is 60.3 Å². The Hall–Kier alpha value is -3.19. The highest BCUT2D eigenvalue weighted by Crippen LogP contribution is 2.29. The van der Waals surface area contributed by atoms with E-state index in [0.29, 0.717) is 10.9 Å². The molecule has 7 heteroatoms. The standard InChI is InChI=1S/C22H21N5OS/c1-14-13-15(2)27-21(23-14)25-22(26-27)29-16(3)20(28)24-19-12-8-7-11-18(19)17-9-5-4-6-10-17/h4-13,16H,1-3H3,(H,24,28)/t16-/m0/s1. The Labute approximate surface area is 173 Å². The molecule has 0 aliphatic heterocycles. The molecular formula is C22H21N5OS. The van der Waals surface area contributed by atoms with Gasteiger partial charge in [0.1, 0.15) is 0 Å². The summed E-state index contributed by atoms with van der Waals surface area (Å²) >= 11 is 1.32. The molecule has 0 spiro atoms. The first-order chi connectivity index (χ1) is 14.0. The van der Waals surface area contributed by atoms with E-state index in [0.717, 1.165) is 28.2 Å². The molecule has 146 valence electrons. The smallest absolute Gasteiger partial charge is 0.253 e. The van der Waals surface area contributed by atoms with E-state index in [1.807, 2.05) is 81.4 Å². The minimum absolute atomic E-state index is 0.0990.